The average molecular weight is 399 g/mol. The van der Waals surface area contributed by atoms with Crippen molar-refractivity contribution in [3.8, 4) is 11.5 Å². The van der Waals surface area contributed by atoms with Crippen LogP contribution in [0.4, 0.5) is 0 Å². The Hall–Kier alpha value is -3.02. The number of hydrogen-bond acceptors (Lipinski definition) is 4. The molecule has 2 aromatic carbocycles. The molecule has 156 valence electrons. The number of aryl methyl sites for hydroxylation is 1. The zero-order valence-electron chi connectivity index (χ0n) is 17.5. The maximum atomic E-state index is 12.1. The van der Waals surface area contributed by atoms with E-state index in [0.29, 0.717) is 17.4 Å². The summed E-state index contributed by atoms with van der Waals surface area (Å²) in [6.07, 6.45) is 1.25. The molecular formula is C23H30N2O4. The van der Waals surface area contributed by atoms with Gasteiger partial charge in [0.1, 0.15) is 11.5 Å². The van der Waals surface area contributed by atoms with E-state index in [9.17, 15) is 9.59 Å². The van der Waals surface area contributed by atoms with Gasteiger partial charge in [0.15, 0.2) is 12.7 Å². The molecule has 0 saturated carbocycles. The second-order valence-electron chi connectivity index (χ2n) is 6.96. The van der Waals surface area contributed by atoms with Crippen LogP contribution < -0.4 is 20.3 Å². The minimum atomic E-state index is -0.753. The number of carbonyl (C=O) groups excluding carboxylic acids is 2. The molecule has 0 bridgehead atoms. The predicted octanol–water partition coefficient (Wildman–Crippen LogP) is 3.76. The predicted molar refractivity (Wildman–Crippen MR) is 113 cm³/mol. The van der Waals surface area contributed by atoms with Gasteiger partial charge in [-0.25, -0.2) is 0 Å². The van der Waals surface area contributed by atoms with Crippen LogP contribution in [0.2, 0.25) is 0 Å². The van der Waals surface area contributed by atoms with Crippen molar-refractivity contribution in [1.29, 1.82) is 0 Å². The van der Waals surface area contributed by atoms with Crippen LogP contribution in [0.15, 0.2) is 48.5 Å². The fourth-order valence-corrected chi connectivity index (χ4v) is 2.61. The Morgan fingerprint density at radius 1 is 0.897 bits per heavy atom. The Morgan fingerprint density at radius 2 is 1.52 bits per heavy atom. The number of nitrogens with one attached hydrogen (secondary N) is 2. The van der Waals surface area contributed by atoms with Gasteiger partial charge in [-0.05, 0) is 61.1 Å². The Balaban J connectivity index is 1.72. The summed E-state index contributed by atoms with van der Waals surface area (Å²) in [7, 11) is 0. The molecule has 6 nitrogen and oxygen atoms in total. The quantitative estimate of drug-likeness (QED) is 0.631. The van der Waals surface area contributed by atoms with E-state index in [1.54, 1.807) is 6.92 Å². The highest BCUT2D eigenvalue weighted by molar-refractivity contribution is 5.85. The summed E-state index contributed by atoms with van der Waals surface area (Å²) < 4.78 is 11.0. The molecule has 0 fully saturated rings. The van der Waals surface area contributed by atoms with Crippen LogP contribution in [-0.2, 0) is 16.0 Å². The van der Waals surface area contributed by atoms with E-state index in [4.69, 9.17) is 9.47 Å². The normalized spacial score (nSPS) is 12.6. The zero-order chi connectivity index (χ0) is 21.2. The highest BCUT2D eigenvalue weighted by Gasteiger charge is 2.15. The fraction of sp³-hybridized carbons (Fsp3) is 0.391. The van der Waals surface area contributed by atoms with Crippen molar-refractivity contribution in [2.75, 3.05) is 6.61 Å². The van der Waals surface area contributed by atoms with Crippen molar-refractivity contribution >= 4 is 11.8 Å². The van der Waals surface area contributed by atoms with Crippen molar-refractivity contribution in [2.24, 2.45) is 0 Å². The van der Waals surface area contributed by atoms with E-state index in [1.165, 1.54) is 11.1 Å². The van der Waals surface area contributed by atoms with E-state index in [-0.39, 0.29) is 6.61 Å². The molecule has 0 heterocycles. The summed E-state index contributed by atoms with van der Waals surface area (Å²) >= 11 is 0. The minimum absolute atomic E-state index is 0.198. The standard InChI is InChI=1S/C23H30N2O4/c1-5-16(3)19-9-13-20(14-10-19)28-15-22(26)24-25-23(27)17(4)29-21-11-7-18(6-2)8-12-21/h7-14,16-17H,5-6,15H2,1-4H3,(H,24,26)(H,25,27)/t16-,17-/m0/s1. The second-order valence-corrected chi connectivity index (χ2v) is 6.96. The first-order chi connectivity index (χ1) is 13.9. The molecule has 2 amide bonds. The van der Waals surface area contributed by atoms with Gasteiger partial charge in [-0.15, -0.1) is 0 Å². The lowest BCUT2D eigenvalue weighted by atomic mass is 9.99. The molecule has 2 aromatic rings. The van der Waals surface area contributed by atoms with Crippen LogP contribution in [0.5, 0.6) is 11.5 Å². The third-order valence-corrected chi connectivity index (χ3v) is 4.77. The Morgan fingerprint density at radius 3 is 2.10 bits per heavy atom. The largest absolute Gasteiger partial charge is 0.484 e. The van der Waals surface area contributed by atoms with Crippen molar-refractivity contribution < 1.29 is 19.1 Å². The first kappa shape index (κ1) is 22.3. The zero-order valence-corrected chi connectivity index (χ0v) is 17.5. The molecule has 0 aromatic heterocycles. The van der Waals surface area contributed by atoms with Gasteiger partial charge >= 0.3 is 0 Å². The number of ether oxygens (including phenoxy) is 2. The van der Waals surface area contributed by atoms with Crippen molar-refractivity contribution in [3.63, 3.8) is 0 Å². The molecule has 0 aliphatic heterocycles. The fourth-order valence-electron chi connectivity index (χ4n) is 2.61. The van der Waals surface area contributed by atoms with Crippen LogP contribution in [0, 0.1) is 0 Å². The molecule has 2 rings (SSSR count). The van der Waals surface area contributed by atoms with Gasteiger partial charge in [-0.3, -0.25) is 20.4 Å². The van der Waals surface area contributed by atoms with Gasteiger partial charge in [0.2, 0.25) is 0 Å². The van der Waals surface area contributed by atoms with Gasteiger partial charge in [0, 0.05) is 0 Å². The summed E-state index contributed by atoms with van der Waals surface area (Å²) in [6, 6.07) is 15.2. The molecule has 0 spiro atoms. The number of carbonyl (C=O) groups is 2. The molecular weight excluding hydrogens is 368 g/mol. The topological polar surface area (TPSA) is 76.7 Å². The summed E-state index contributed by atoms with van der Waals surface area (Å²) in [5.74, 6) is 0.780. The molecule has 0 aliphatic carbocycles. The van der Waals surface area contributed by atoms with E-state index in [1.807, 2.05) is 48.5 Å². The molecule has 0 unspecified atom stereocenters. The van der Waals surface area contributed by atoms with Crippen LogP contribution in [0.1, 0.15) is 51.2 Å². The summed E-state index contributed by atoms with van der Waals surface area (Å²) in [6.45, 7) is 7.79. The first-order valence-electron chi connectivity index (χ1n) is 10.00. The summed E-state index contributed by atoms with van der Waals surface area (Å²) in [4.78, 5) is 24.0. The summed E-state index contributed by atoms with van der Waals surface area (Å²) in [5.41, 5.74) is 7.10. The lowest BCUT2D eigenvalue weighted by Gasteiger charge is -2.15. The third kappa shape index (κ3) is 7.14. The molecule has 2 N–H and O–H groups in total. The second kappa shape index (κ2) is 11.1. The van der Waals surface area contributed by atoms with Gasteiger partial charge in [0.05, 0.1) is 0 Å². The molecule has 0 radical (unpaired) electrons. The molecule has 0 saturated heterocycles. The smallest absolute Gasteiger partial charge is 0.279 e. The van der Waals surface area contributed by atoms with Crippen LogP contribution >= 0.6 is 0 Å². The SMILES string of the molecule is CCc1ccc(O[C@@H](C)C(=O)NNC(=O)COc2ccc([C@@H](C)CC)cc2)cc1. The lowest BCUT2D eigenvalue weighted by Crippen LogP contribution is -2.48. The van der Waals surface area contributed by atoms with Gasteiger partial charge in [-0.2, -0.15) is 0 Å². The lowest BCUT2D eigenvalue weighted by molar-refractivity contribution is -0.133. The number of benzene rings is 2. The van der Waals surface area contributed by atoms with Gasteiger partial charge in [0.25, 0.3) is 11.8 Å². The summed E-state index contributed by atoms with van der Waals surface area (Å²) in [5, 5.41) is 0. The molecule has 6 heteroatoms. The van der Waals surface area contributed by atoms with E-state index in [0.717, 1.165) is 12.8 Å². The van der Waals surface area contributed by atoms with Crippen molar-refractivity contribution in [2.45, 2.75) is 52.6 Å². The van der Waals surface area contributed by atoms with E-state index >= 15 is 0 Å². The molecule has 29 heavy (non-hydrogen) atoms. The number of hydrogen-bond donors (Lipinski definition) is 2. The maximum absolute atomic E-state index is 12.1. The number of hydrazine groups is 1. The number of rotatable bonds is 9. The van der Waals surface area contributed by atoms with E-state index < -0.39 is 17.9 Å². The first-order valence-corrected chi connectivity index (χ1v) is 10.00. The maximum Gasteiger partial charge on any atom is 0.279 e. The monoisotopic (exact) mass is 398 g/mol. The number of amides is 2. The molecule has 0 aliphatic rings. The average Bonchev–Trinajstić information content (AvgIpc) is 2.76. The van der Waals surface area contributed by atoms with Gasteiger partial charge in [-0.1, -0.05) is 45.0 Å². The van der Waals surface area contributed by atoms with Crippen molar-refractivity contribution in [1.82, 2.24) is 10.9 Å². The highest BCUT2D eigenvalue weighted by Crippen LogP contribution is 2.21. The van der Waals surface area contributed by atoms with Crippen molar-refractivity contribution in [3.05, 3.63) is 59.7 Å². The third-order valence-electron chi connectivity index (χ3n) is 4.77. The Labute approximate surface area is 172 Å². The Kier molecular flexibility index (Phi) is 8.52. The van der Waals surface area contributed by atoms with Crippen LogP contribution in [-0.4, -0.2) is 24.5 Å². The highest BCUT2D eigenvalue weighted by atomic mass is 16.5. The molecule has 2 atom stereocenters. The van der Waals surface area contributed by atoms with Crippen LogP contribution in [0.25, 0.3) is 0 Å². The Bertz CT molecular complexity index is 788. The van der Waals surface area contributed by atoms with Gasteiger partial charge < -0.3 is 9.47 Å². The van der Waals surface area contributed by atoms with E-state index in [2.05, 4.69) is 31.6 Å². The minimum Gasteiger partial charge on any atom is -0.484 e. The van der Waals surface area contributed by atoms with Crippen LogP contribution in [0.3, 0.4) is 0 Å².